The van der Waals surface area contributed by atoms with Gasteiger partial charge in [0.2, 0.25) is 5.91 Å². The monoisotopic (exact) mass is 406 g/mol. The average molecular weight is 407 g/mol. The molecule has 1 fully saturated rings. The first-order valence-corrected chi connectivity index (χ1v) is 9.51. The van der Waals surface area contributed by atoms with Crippen molar-refractivity contribution in [3.8, 4) is 0 Å². The highest BCUT2D eigenvalue weighted by Crippen LogP contribution is 2.07. The maximum Gasteiger partial charge on any atom is 0.332 e. The maximum absolute atomic E-state index is 11.8. The number of ether oxygens (including phenoxy) is 2. The average Bonchev–Trinajstić information content (AvgIpc) is 3.14. The number of hydrogen-bond donors (Lipinski definition) is 4. The van der Waals surface area contributed by atoms with Crippen LogP contribution in [0.2, 0.25) is 0 Å². The van der Waals surface area contributed by atoms with Crippen molar-refractivity contribution in [2.45, 2.75) is 84.6 Å². The predicted octanol–water partition coefficient (Wildman–Crippen LogP) is 0.514. The van der Waals surface area contributed by atoms with Crippen LogP contribution >= 0.6 is 0 Å². The lowest BCUT2D eigenvalue weighted by Crippen LogP contribution is -2.48. The van der Waals surface area contributed by atoms with E-state index in [1.54, 1.807) is 34.6 Å². The third kappa shape index (κ3) is 14.4. The van der Waals surface area contributed by atoms with E-state index >= 15 is 0 Å². The zero-order chi connectivity index (χ0) is 22.3. The fourth-order valence-electron chi connectivity index (χ4n) is 2.20. The lowest BCUT2D eigenvalue weighted by atomic mass is 10.1. The molecule has 0 saturated carbocycles. The largest absolute Gasteiger partial charge is 0.461 e. The van der Waals surface area contributed by atoms with Gasteiger partial charge in [0, 0.05) is 7.11 Å². The van der Waals surface area contributed by atoms with Gasteiger partial charge in [0.1, 0.15) is 18.2 Å². The molecule has 2 atom stereocenters. The van der Waals surface area contributed by atoms with Gasteiger partial charge in [-0.15, -0.1) is 0 Å². The highest BCUT2D eigenvalue weighted by atomic mass is 16.6. The number of rotatable bonds is 6. The van der Waals surface area contributed by atoms with E-state index in [9.17, 15) is 14.4 Å². The summed E-state index contributed by atoms with van der Waals surface area (Å²) in [4.78, 5) is 33.9. The van der Waals surface area contributed by atoms with E-state index < -0.39 is 24.2 Å². The van der Waals surface area contributed by atoms with Crippen LogP contribution in [0.5, 0.6) is 0 Å². The summed E-state index contributed by atoms with van der Waals surface area (Å²) >= 11 is 0. The molecule has 166 valence electrons. The van der Waals surface area contributed by atoms with E-state index in [2.05, 4.69) is 10.6 Å². The lowest BCUT2D eigenvalue weighted by molar-refractivity contribution is -0.158. The number of aliphatic hydroxyl groups is 2. The highest BCUT2D eigenvalue weighted by molar-refractivity contribution is 5.87. The second kappa shape index (κ2) is 15.2. The van der Waals surface area contributed by atoms with Crippen LogP contribution in [0.1, 0.15) is 60.8 Å². The first-order valence-electron chi connectivity index (χ1n) is 9.51. The summed E-state index contributed by atoms with van der Waals surface area (Å²) in [5, 5.41) is 21.1. The predicted molar refractivity (Wildman–Crippen MR) is 106 cm³/mol. The number of carbonyl (C=O) groups excluding carboxylic acids is 3. The van der Waals surface area contributed by atoms with Crippen LogP contribution in [0.25, 0.3) is 0 Å². The highest BCUT2D eigenvalue weighted by Gasteiger charge is 2.27. The van der Waals surface area contributed by atoms with Gasteiger partial charge in [-0.2, -0.15) is 0 Å². The van der Waals surface area contributed by atoms with Gasteiger partial charge in [0.25, 0.3) is 0 Å². The molecule has 0 aliphatic carbocycles. The van der Waals surface area contributed by atoms with Crippen LogP contribution < -0.4 is 10.6 Å². The minimum absolute atomic E-state index is 0.102. The number of carbonyl (C=O) groups is 3. The second-order valence-corrected chi connectivity index (χ2v) is 7.35. The second-order valence-electron chi connectivity index (χ2n) is 7.35. The topological polar surface area (TPSA) is 134 Å². The van der Waals surface area contributed by atoms with Crippen molar-refractivity contribution in [1.29, 1.82) is 0 Å². The summed E-state index contributed by atoms with van der Waals surface area (Å²) in [7, 11) is 1.00. The molecule has 1 aliphatic rings. The Morgan fingerprint density at radius 2 is 1.79 bits per heavy atom. The summed E-state index contributed by atoms with van der Waals surface area (Å²) in [5.41, 5.74) is -0.486. The van der Waals surface area contributed by atoms with Crippen molar-refractivity contribution in [3.05, 3.63) is 0 Å². The molecule has 4 N–H and O–H groups in total. The molecule has 0 bridgehead atoms. The van der Waals surface area contributed by atoms with Gasteiger partial charge >= 0.3 is 11.9 Å². The van der Waals surface area contributed by atoms with Gasteiger partial charge in [0.15, 0.2) is 0 Å². The summed E-state index contributed by atoms with van der Waals surface area (Å²) < 4.78 is 9.79. The van der Waals surface area contributed by atoms with E-state index in [0.717, 1.165) is 26.5 Å². The minimum atomic E-state index is -0.581. The van der Waals surface area contributed by atoms with Gasteiger partial charge in [-0.3, -0.25) is 4.79 Å². The number of nitrogens with one attached hydrogen (secondary N) is 2. The van der Waals surface area contributed by atoms with Crippen LogP contribution in [-0.4, -0.2) is 72.1 Å². The molecule has 1 aliphatic heterocycles. The first-order chi connectivity index (χ1) is 13.0. The normalized spacial score (nSPS) is 16.7. The molecule has 0 radical (unpaired) electrons. The Labute approximate surface area is 168 Å². The van der Waals surface area contributed by atoms with E-state index in [1.165, 1.54) is 0 Å². The quantitative estimate of drug-likeness (QED) is 0.469. The number of hydrogen-bond acceptors (Lipinski definition) is 8. The van der Waals surface area contributed by atoms with Crippen LogP contribution in [0, 0.1) is 0 Å². The van der Waals surface area contributed by atoms with Crippen LogP contribution in [0.4, 0.5) is 0 Å². The third-order valence-corrected chi connectivity index (χ3v) is 3.29. The van der Waals surface area contributed by atoms with Crippen LogP contribution in [0.15, 0.2) is 0 Å². The van der Waals surface area contributed by atoms with Crippen LogP contribution in [-0.2, 0) is 23.9 Å². The Morgan fingerprint density at radius 1 is 1.21 bits per heavy atom. The van der Waals surface area contributed by atoms with Crippen molar-refractivity contribution in [2.24, 2.45) is 0 Å². The van der Waals surface area contributed by atoms with Crippen molar-refractivity contribution >= 4 is 17.8 Å². The summed E-state index contributed by atoms with van der Waals surface area (Å²) in [5.74, 6) is -1.04. The van der Waals surface area contributed by atoms with E-state index in [1.807, 2.05) is 6.92 Å². The van der Waals surface area contributed by atoms with Gasteiger partial charge in [-0.05, 0) is 60.4 Å². The lowest BCUT2D eigenvalue weighted by Gasteiger charge is -2.19. The summed E-state index contributed by atoms with van der Waals surface area (Å²) in [6, 6.07) is -0.691. The molecular weight excluding hydrogens is 368 g/mol. The zero-order valence-corrected chi connectivity index (χ0v) is 18.2. The molecule has 9 heteroatoms. The third-order valence-electron chi connectivity index (χ3n) is 3.29. The fraction of sp³-hybridized carbons (Fsp3) is 0.842. The van der Waals surface area contributed by atoms with E-state index in [0.29, 0.717) is 6.42 Å². The van der Waals surface area contributed by atoms with Crippen LogP contribution in [0.3, 0.4) is 0 Å². The van der Waals surface area contributed by atoms with Gasteiger partial charge in [-0.25, -0.2) is 9.59 Å². The standard InChI is InChI=1S/C12H22N2O3.C6H12O3.CH4O/c1-4-9(12(16)17-8(2)3)14-11(15)10-6-5-7-13-10;1-6(2,3)9-5(8)4-7;1-2/h8-10,13H,4-7H2,1-3H3,(H,14,15);7H,4H2,1-3H3;2H,1H3/t9-,10-;;/m0../s1. The zero-order valence-electron chi connectivity index (χ0n) is 18.2. The smallest absolute Gasteiger partial charge is 0.332 e. The minimum Gasteiger partial charge on any atom is -0.461 e. The SMILES string of the molecule is CC(C)(C)OC(=O)CO.CC[C@H](NC(=O)[C@@H]1CCCN1)C(=O)OC(C)C.CO. The molecule has 0 aromatic rings. The Morgan fingerprint density at radius 3 is 2.11 bits per heavy atom. The van der Waals surface area contributed by atoms with Crippen molar-refractivity contribution in [3.63, 3.8) is 0 Å². The Bertz CT molecular complexity index is 456. The molecule has 9 nitrogen and oxygen atoms in total. The van der Waals surface area contributed by atoms with E-state index in [-0.39, 0.29) is 24.0 Å². The maximum atomic E-state index is 11.8. The molecule has 0 spiro atoms. The fourth-order valence-corrected chi connectivity index (χ4v) is 2.20. The molecule has 1 saturated heterocycles. The van der Waals surface area contributed by atoms with Crippen molar-refractivity contribution in [2.75, 3.05) is 20.3 Å². The number of aliphatic hydroxyl groups excluding tert-OH is 2. The van der Waals surface area contributed by atoms with Gasteiger partial charge in [-0.1, -0.05) is 6.92 Å². The van der Waals surface area contributed by atoms with Gasteiger partial charge in [0.05, 0.1) is 12.1 Å². The molecule has 28 heavy (non-hydrogen) atoms. The Kier molecular flexibility index (Phi) is 15.5. The first kappa shape index (κ1) is 28.5. The molecule has 0 aromatic heterocycles. The van der Waals surface area contributed by atoms with E-state index in [4.69, 9.17) is 19.7 Å². The molecular formula is C19H38N2O7. The number of esters is 2. The molecule has 1 rings (SSSR count). The summed E-state index contributed by atoms with van der Waals surface area (Å²) in [6.45, 7) is 11.0. The Balaban J connectivity index is 0. The number of amides is 1. The molecule has 0 aromatic carbocycles. The molecule has 1 heterocycles. The van der Waals surface area contributed by atoms with Gasteiger partial charge < -0.3 is 30.3 Å². The van der Waals surface area contributed by atoms with Crippen molar-refractivity contribution < 1.29 is 34.1 Å². The van der Waals surface area contributed by atoms with Crippen molar-refractivity contribution in [1.82, 2.24) is 10.6 Å². The molecule has 1 amide bonds. The molecule has 0 unspecified atom stereocenters. The Hall–Kier alpha value is -1.71. The summed E-state index contributed by atoms with van der Waals surface area (Å²) in [6.07, 6.45) is 2.23.